The van der Waals surface area contributed by atoms with Crippen LogP contribution in [0.5, 0.6) is 5.75 Å². The van der Waals surface area contributed by atoms with Gasteiger partial charge in [0.25, 0.3) is 0 Å². The second-order valence-electron chi connectivity index (χ2n) is 9.35. The van der Waals surface area contributed by atoms with Crippen molar-refractivity contribution >= 4 is 34.3 Å². The SMILES string of the molecule is COc1ccc2ncc(Cl)c([C@@H](O)CCC3(CO)CCN(CCCSc4cccnc4)CC3)c2c1. The number of ether oxygens (including phenoxy) is 1. The molecule has 0 radical (unpaired) electrons. The lowest BCUT2D eigenvalue weighted by Crippen LogP contribution is -2.42. The van der Waals surface area contributed by atoms with Crippen molar-refractivity contribution < 1.29 is 14.9 Å². The van der Waals surface area contributed by atoms with Gasteiger partial charge in [0.2, 0.25) is 0 Å². The Hall–Kier alpha value is -1.90. The van der Waals surface area contributed by atoms with E-state index in [1.54, 1.807) is 19.5 Å². The van der Waals surface area contributed by atoms with Gasteiger partial charge in [-0.3, -0.25) is 9.97 Å². The number of aliphatic hydroxyl groups excluding tert-OH is 2. The van der Waals surface area contributed by atoms with Gasteiger partial charge in [0.1, 0.15) is 5.75 Å². The molecule has 1 aliphatic rings. The lowest BCUT2D eigenvalue weighted by molar-refractivity contribution is 0.0238. The van der Waals surface area contributed by atoms with E-state index >= 15 is 0 Å². The Labute approximate surface area is 216 Å². The Kier molecular flexibility index (Phi) is 9.25. The van der Waals surface area contributed by atoms with Crippen LogP contribution in [0.25, 0.3) is 10.9 Å². The molecule has 3 aromatic rings. The smallest absolute Gasteiger partial charge is 0.119 e. The summed E-state index contributed by atoms with van der Waals surface area (Å²) in [5, 5.41) is 22.7. The van der Waals surface area contributed by atoms with Crippen molar-refractivity contribution in [1.29, 1.82) is 0 Å². The summed E-state index contributed by atoms with van der Waals surface area (Å²) in [6.07, 6.45) is 8.87. The number of aliphatic hydroxyl groups is 2. The topological polar surface area (TPSA) is 78.7 Å². The fourth-order valence-corrected chi connectivity index (χ4v) is 5.97. The van der Waals surface area contributed by atoms with Crippen molar-refractivity contribution in [1.82, 2.24) is 14.9 Å². The number of nitrogens with zero attached hydrogens (tertiary/aromatic N) is 3. The van der Waals surface area contributed by atoms with Crippen LogP contribution in [0.2, 0.25) is 5.02 Å². The van der Waals surface area contributed by atoms with Crippen LogP contribution in [-0.2, 0) is 0 Å². The third-order valence-corrected chi connectivity index (χ3v) is 8.49. The average molecular weight is 516 g/mol. The molecule has 2 aromatic heterocycles. The molecule has 1 fully saturated rings. The highest BCUT2D eigenvalue weighted by atomic mass is 35.5. The Morgan fingerprint density at radius 1 is 1.23 bits per heavy atom. The second kappa shape index (κ2) is 12.4. The third-order valence-electron chi connectivity index (χ3n) is 7.12. The number of rotatable bonds is 11. The first kappa shape index (κ1) is 26.2. The number of piperidine rings is 1. The number of fused-ring (bicyclic) bond motifs is 1. The lowest BCUT2D eigenvalue weighted by atomic mass is 9.74. The zero-order valence-corrected chi connectivity index (χ0v) is 21.8. The number of benzene rings is 1. The zero-order chi connectivity index (χ0) is 24.7. The maximum Gasteiger partial charge on any atom is 0.119 e. The van der Waals surface area contributed by atoms with Crippen molar-refractivity contribution in [3.63, 3.8) is 0 Å². The van der Waals surface area contributed by atoms with Crippen LogP contribution < -0.4 is 4.74 Å². The molecule has 0 spiro atoms. The van der Waals surface area contributed by atoms with Gasteiger partial charge in [0.05, 0.1) is 23.8 Å². The largest absolute Gasteiger partial charge is 0.497 e. The molecule has 0 aliphatic carbocycles. The van der Waals surface area contributed by atoms with Gasteiger partial charge in [-0.1, -0.05) is 11.6 Å². The predicted molar refractivity (Wildman–Crippen MR) is 142 cm³/mol. The molecule has 1 saturated heterocycles. The van der Waals surface area contributed by atoms with Crippen molar-refractivity contribution in [3.8, 4) is 5.75 Å². The summed E-state index contributed by atoms with van der Waals surface area (Å²) in [5.74, 6) is 1.78. The number of thioether (sulfide) groups is 1. The van der Waals surface area contributed by atoms with Gasteiger partial charge in [-0.15, -0.1) is 11.8 Å². The van der Waals surface area contributed by atoms with Crippen LogP contribution in [0.1, 0.15) is 43.8 Å². The summed E-state index contributed by atoms with van der Waals surface area (Å²) < 4.78 is 5.36. The molecule has 1 aliphatic heterocycles. The maximum atomic E-state index is 11.1. The van der Waals surface area contributed by atoms with Gasteiger partial charge >= 0.3 is 0 Å². The Bertz CT molecular complexity index is 1090. The zero-order valence-electron chi connectivity index (χ0n) is 20.2. The molecule has 0 unspecified atom stereocenters. The lowest BCUT2D eigenvalue weighted by Gasteiger charge is -2.41. The summed E-state index contributed by atoms with van der Waals surface area (Å²) in [5.41, 5.74) is 1.30. The van der Waals surface area contributed by atoms with Crippen molar-refractivity contribution in [3.05, 3.63) is 59.5 Å². The van der Waals surface area contributed by atoms with Gasteiger partial charge < -0.3 is 19.8 Å². The molecule has 188 valence electrons. The van der Waals surface area contributed by atoms with E-state index in [9.17, 15) is 10.2 Å². The number of methoxy groups -OCH3 is 1. The minimum atomic E-state index is -0.730. The summed E-state index contributed by atoms with van der Waals surface area (Å²) in [6.45, 7) is 3.16. The van der Waals surface area contributed by atoms with Crippen molar-refractivity contribution in [2.45, 2.75) is 43.1 Å². The van der Waals surface area contributed by atoms with Crippen molar-refractivity contribution in [2.75, 3.05) is 39.1 Å². The first-order valence-corrected chi connectivity index (χ1v) is 13.6. The second-order valence-corrected chi connectivity index (χ2v) is 10.9. The van der Waals surface area contributed by atoms with Crippen LogP contribution >= 0.6 is 23.4 Å². The van der Waals surface area contributed by atoms with E-state index < -0.39 is 6.10 Å². The summed E-state index contributed by atoms with van der Waals surface area (Å²) in [7, 11) is 1.62. The minimum absolute atomic E-state index is 0.142. The molecule has 4 rings (SSSR count). The highest BCUT2D eigenvalue weighted by molar-refractivity contribution is 7.99. The highest BCUT2D eigenvalue weighted by Crippen LogP contribution is 2.40. The fraction of sp³-hybridized carbons (Fsp3) is 0.481. The fourth-order valence-electron chi connectivity index (χ4n) is 4.87. The molecule has 1 aromatic carbocycles. The standard InChI is InChI=1S/C27H34ClN3O3S/c1-34-20-5-6-24-22(16-20)26(23(28)18-30-24)25(33)7-8-27(19-32)9-13-31(14-10-27)12-3-15-35-21-4-2-11-29-17-21/h2,4-6,11,16-18,25,32-33H,3,7-10,12-15,19H2,1H3/t25-/m0/s1. The van der Waals surface area contributed by atoms with E-state index in [1.807, 2.05) is 42.2 Å². The molecule has 0 amide bonds. The number of aromatic nitrogens is 2. The molecule has 3 heterocycles. The molecule has 1 atom stereocenters. The molecule has 8 heteroatoms. The summed E-state index contributed by atoms with van der Waals surface area (Å²) >= 11 is 8.32. The molecular weight excluding hydrogens is 482 g/mol. The highest BCUT2D eigenvalue weighted by Gasteiger charge is 2.34. The average Bonchev–Trinajstić information content (AvgIpc) is 2.90. The normalized spacial score (nSPS) is 16.9. The van der Waals surface area contributed by atoms with Crippen LogP contribution in [-0.4, -0.2) is 64.2 Å². The molecule has 6 nitrogen and oxygen atoms in total. The summed E-state index contributed by atoms with van der Waals surface area (Å²) in [6, 6.07) is 9.67. The van der Waals surface area contributed by atoms with Gasteiger partial charge in [-0.05, 0) is 93.2 Å². The molecular formula is C27H34ClN3O3S. The number of pyridine rings is 2. The van der Waals surface area contributed by atoms with E-state index in [0.29, 0.717) is 22.8 Å². The number of likely N-dealkylation sites (tertiary alicyclic amines) is 1. The van der Waals surface area contributed by atoms with Crippen LogP contribution in [0, 0.1) is 5.41 Å². The van der Waals surface area contributed by atoms with Crippen LogP contribution in [0.15, 0.2) is 53.8 Å². The first-order chi connectivity index (χ1) is 17.0. The van der Waals surface area contributed by atoms with E-state index in [2.05, 4.69) is 20.9 Å². The Morgan fingerprint density at radius 2 is 2.06 bits per heavy atom. The van der Waals surface area contributed by atoms with E-state index in [4.69, 9.17) is 16.3 Å². The molecule has 35 heavy (non-hydrogen) atoms. The Morgan fingerprint density at radius 3 is 2.77 bits per heavy atom. The van der Waals surface area contributed by atoms with E-state index in [1.165, 1.54) is 4.90 Å². The van der Waals surface area contributed by atoms with Gasteiger partial charge in [-0.2, -0.15) is 0 Å². The van der Waals surface area contributed by atoms with Gasteiger partial charge in [-0.25, -0.2) is 0 Å². The number of halogens is 1. The first-order valence-electron chi connectivity index (χ1n) is 12.2. The predicted octanol–water partition coefficient (Wildman–Crippen LogP) is 5.36. The third kappa shape index (κ3) is 6.66. The van der Waals surface area contributed by atoms with Crippen LogP contribution in [0.3, 0.4) is 0 Å². The number of hydrogen-bond acceptors (Lipinski definition) is 7. The van der Waals surface area contributed by atoms with Crippen LogP contribution in [0.4, 0.5) is 0 Å². The molecule has 0 bridgehead atoms. The summed E-state index contributed by atoms with van der Waals surface area (Å²) in [4.78, 5) is 12.3. The number of hydrogen-bond donors (Lipinski definition) is 2. The van der Waals surface area contributed by atoms with Gasteiger partial charge in [0, 0.05) is 41.0 Å². The molecule has 2 N–H and O–H groups in total. The maximum absolute atomic E-state index is 11.1. The monoisotopic (exact) mass is 515 g/mol. The van der Waals surface area contributed by atoms with Crippen molar-refractivity contribution in [2.24, 2.45) is 5.41 Å². The quantitative estimate of drug-likeness (QED) is 0.263. The van der Waals surface area contributed by atoms with E-state index in [0.717, 1.165) is 62.0 Å². The van der Waals surface area contributed by atoms with E-state index in [-0.39, 0.29) is 12.0 Å². The minimum Gasteiger partial charge on any atom is -0.497 e. The molecule has 0 saturated carbocycles. The Balaban J connectivity index is 1.30. The van der Waals surface area contributed by atoms with Gasteiger partial charge in [0.15, 0.2) is 0 Å².